The molecule has 0 bridgehead atoms. The summed E-state index contributed by atoms with van der Waals surface area (Å²) in [5, 5.41) is 0. The van der Waals surface area contributed by atoms with Crippen LogP contribution in [0, 0.1) is 11.8 Å². The molecule has 1 aliphatic carbocycles. The van der Waals surface area contributed by atoms with E-state index in [1.54, 1.807) is 0 Å². The molecule has 1 fully saturated rings. The molecular formula is C8H19FO. The average Bonchev–Trinajstić information content (AvgIpc) is 1.64. The number of halogens is 1. The van der Waals surface area contributed by atoms with Crippen LogP contribution in [0.15, 0.2) is 0 Å². The fourth-order valence-electron chi connectivity index (χ4n) is 1.74. The van der Waals surface area contributed by atoms with Crippen molar-refractivity contribution >= 4 is 0 Å². The first kappa shape index (κ1) is 12.6. The van der Waals surface area contributed by atoms with Gasteiger partial charge in [-0.25, -0.2) is 0 Å². The summed E-state index contributed by atoms with van der Waals surface area (Å²) in [4.78, 5) is 0. The average molecular weight is 150 g/mol. The Hall–Kier alpha value is -0.110. The molecule has 0 heterocycles. The fraction of sp³-hybridized carbons (Fsp3) is 1.00. The molecular weight excluding hydrogens is 131 g/mol. The van der Waals surface area contributed by atoms with E-state index in [9.17, 15) is 0 Å². The smallest absolute Gasteiger partial charge is 0.0440 e. The molecule has 64 valence electrons. The van der Waals surface area contributed by atoms with E-state index in [1.807, 2.05) is 0 Å². The van der Waals surface area contributed by atoms with Crippen molar-refractivity contribution in [1.82, 2.24) is 0 Å². The van der Waals surface area contributed by atoms with E-state index < -0.39 is 0 Å². The summed E-state index contributed by atoms with van der Waals surface area (Å²) in [5.41, 5.74) is 0. The zero-order valence-electron chi connectivity index (χ0n) is 6.89. The second-order valence-corrected chi connectivity index (χ2v) is 3.38. The topological polar surface area (TPSA) is 31.5 Å². The maximum Gasteiger partial charge on any atom is -0.0440 e. The van der Waals surface area contributed by atoms with Crippen molar-refractivity contribution in [2.75, 3.05) is 0 Å². The highest BCUT2D eigenvalue weighted by atomic mass is 19.0. The zero-order chi connectivity index (χ0) is 5.98. The fourth-order valence-corrected chi connectivity index (χ4v) is 1.74. The molecule has 0 saturated heterocycles. The van der Waals surface area contributed by atoms with Gasteiger partial charge < -0.3 is 5.48 Å². The van der Waals surface area contributed by atoms with E-state index >= 15 is 0 Å². The van der Waals surface area contributed by atoms with Gasteiger partial charge in [0.25, 0.3) is 0 Å². The summed E-state index contributed by atoms with van der Waals surface area (Å²) in [6, 6.07) is 0. The van der Waals surface area contributed by atoms with Crippen LogP contribution in [0.25, 0.3) is 0 Å². The summed E-state index contributed by atoms with van der Waals surface area (Å²) < 4.78 is 0. The predicted octanol–water partition coefficient (Wildman–Crippen LogP) is 2.16. The third kappa shape index (κ3) is 3.83. The van der Waals surface area contributed by atoms with Crippen LogP contribution in [-0.2, 0) is 0 Å². The van der Waals surface area contributed by atoms with Gasteiger partial charge in [0.15, 0.2) is 0 Å². The van der Waals surface area contributed by atoms with E-state index in [-0.39, 0.29) is 10.2 Å². The monoisotopic (exact) mass is 150 g/mol. The Morgan fingerprint density at radius 3 is 1.60 bits per heavy atom. The molecule has 0 aromatic rings. The summed E-state index contributed by atoms with van der Waals surface area (Å²) in [7, 11) is 0. The Balaban J connectivity index is 0. The van der Waals surface area contributed by atoms with Crippen molar-refractivity contribution in [3.8, 4) is 0 Å². The quantitative estimate of drug-likeness (QED) is 0.507. The van der Waals surface area contributed by atoms with Crippen LogP contribution in [-0.4, -0.2) is 5.48 Å². The van der Waals surface area contributed by atoms with E-state index in [1.165, 1.54) is 25.7 Å². The summed E-state index contributed by atoms with van der Waals surface area (Å²) in [5.74, 6) is 2.03. The third-order valence-electron chi connectivity index (χ3n) is 2.20. The Morgan fingerprint density at radius 2 is 1.40 bits per heavy atom. The van der Waals surface area contributed by atoms with Gasteiger partial charge in [0.05, 0.1) is 0 Å². The Labute approximate surface area is 62.5 Å². The van der Waals surface area contributed by atoms with Crippen LogP contribution in [0.5, 0.6) is 0 Å². The molecule has 1 nitrogen and oxygen atoms in total. The number of hydrogen-bond acceptors (Lipinski definition) is 0. The lowest BCUT2D eigenvalue weighted by Gasteiger charge is -2.22. The maximum absolute atomic E-state index is 2.37. The van der Waals surface area contributed by atoms with Gasteiger partial charge >= 0.3 is 0 Å². The van der Waals surface area contributed by atoms with Crippen molar-refractivity contribution in [1.29, 1.82) is 0 Å². The number of hydrogen-bond donors (Lipinski definition) is 0. The van der Waals surface area contributed by atoms with Crippen LogP contribution in [0.1, 0.15) is 39.5 Å². The van der Waals surface area contributed by atoms with E-state index in [4.69, 9.17) is 0 Å². The highest BCUT2D eigenvalue weighted by Crippen LogP contribution is 2.27. The second-order valence-electron chi connectivity index (χ2n) is 3.38. The molecule has 1 saturated carbocycles. The maximum atomic E-state index is 2.37. The SMILES string of the molecule is CC1CCC[C@@H](C)C1.F.O. The lowest BCUT2D eigenvalue weighted by Crippen LogP contribution is -2.09. The molecule has 1 rings (SSSR count). The van der Waals surface area contributed by atoms with Crippen LogP contribution in [0.3, 0.4) is 0 Å². The van der Waals surface area contributed by atoms with Crippen molar-refractivity contribution in [3.63, 3.8) is 0 Å². The zero-order valence-corrected chi connectivity index (χ0v) is 6.89. The van der Waals surface area contributed by atoms with Gasteiger partial charge in [-0.05, 0) is 18.3 Å². The minimum Gasteiger partial charge on any atom is -0.412 e. The summed E-state index contributed by atoms with van der Waals surface area (Å²) >= 11 is 0. The van der Waals surface area contributed by atoms with Crippen LogP contribution in [0.2, 0.25) is 0 Å². The molecule has 2 N–H and O–H groups in total. The lowest BCUT2D eigenvalue weighted by molar-refractivity contribution is 0.301. The molecule has 0 aromatic carbocycles. The van der Waals surface area contributed by atoms with Gasteiger partial charge in [-0.15, -0.1) is 0 Å². The first-order valence-electron chi connectivity index (χ1n) is 3.79. The van der Waals surface area contributed by atoms with E-state index in [0.717, 1.165) is 11.8 Å². The van der Waals surface area contributed by atoms with Gasteiger partial charge in [-0.1, -0.05) is 33.1 Å². The first-order valence-corrected chi connectivity index (χ1v) is 3.79. The minimum absolute atomic E-state index is 0. The van der Waals surface area contributed by atoms with Gasteiger partial charge in [0.2, 0.25) is 0 Å². The van der Waals surface area contributed by atoms with Crippen molar-refractivity contribution in [2.24, 2.45) is 11.8 Å². The molecule has 0 amide bonds. The third-order valence-corrected chi connectivity index (χ3v) is 2.20. The molecule has 2 heteroatoms. The van der Waals surface area contributed by atoms with Crippen LogP contribution < -0.4 is 0 Å². The van der Waals surface area contributed by atoms with Gasteiger partial charge in [-0.2, -0.15) is 0 Å². The van der Waals surface area contributed by atoms with Crippen molar-refractivity contribution in [2.45, 2.75) is 39.5 Å². The molecule has 0 radical (unpaired) electrons. The summed E-state index contributed by atoms with van der Waals surface area (Å²) in [6.07, 6.45) is 5.90. The predicted molar refractivity (Wildman–Crippen MR) is 42.9 cm³/mol. The van der Waals surface area contributed by atoms with E-state index in [0.29, 0.717) is 0 Å². The van der Waals surface area contributed by atoms with Crippen LogP contribution in [0.4, 0.5) is 4.70 Å². The van der Waals surface area contributed by atoms with Gasteiger partial charge in [-0.3, -0.25) is 4.70 Å². The molecule has 1 aliphatic rings. The standard InChI is InChI=1S/C8H16.FH.H2O/c1-7-4-3-5-8(2)6-7;;/h7-8H,3-6H2,1-2H3;1H;1H2/t7-,8?;;/m1../s1. The largest absolute Gasteiger partial charge is 0.412 e. The van der Waals surface area contributed by atoms with E-state index in [2.05, 4.69) is 13.8 Å². The van der Waals surface area contributed by atoms with Gasteiger partial charge in [0.1, 0.15) is 0 Å². The number of rotatable bonds is 0. The first-order chi connectivity index (χ1) is 3.79. The lowest BCUT2D eigenvalue weighted by atomic mass is 9.84. The minimum atomic E-state index is 0. The Morgan fingerprint density at radius 1 is 1.00 bits per heavy atom. The second kappa shape index (κ2) is 5.66. The normalized spacial score (nSPS) is 31.8. The van der Waals surface area contributed by atoms with Crippen LogP contribution >= 0.6 is 0 Å². The molecule has 0 aliphatic heterocycles. The molecule has 2 atom stereocenters. The van der Waals surface area contributed by atoms with Crippen molar-refractivity contribution in [3.05, 3.63) is 0 Å². The Kier molecular flexibility index (Phi) is 7.10. The van der Waals surface area contributed by atoms with Crippen molar-refractivity contribution < 1.29 is 10.2 Å². The Bertz CT molecular complexity index is 67.7. The summed E-state index contributed by atoms with van der Waals surface area (Å²) in [6.45, 7) is 4.74. The molecule has 10 heavy (non-hydrogen) atoms. The molecule has 0 aromatic heterocycles. The molecule has 1 unspecified atom stereocenters. The van der Waals surface area contributed by atoms with Gasteiger partial charge in [0, 0.05) is 0 Å². The highest BCUT2D eigenvalue weighted by Gasteiger charge is 2.13. The highest BCUT2D eigenvalue weighted by molar-refractivity contribution is 4.66. The molecule has 0 spiro atoms.